The van der Waals surface area contributed by atoms with Gasteiger partial charge < -0.3 is 5.11 Å². The smallest absolute Gasteiger partial charge is 0.129 e. The molecule has 2 fully saturated rings. The number of benzene rings is 2. The predicted octanol–water partition coefficient (Wildman–Crippen LogP) is 4.54. The van der Waals surface area contributed by atoms with Crippen LogP contribution in [0.2, 0.25) is 0 Å². The summed E-state index contributed by atoms with van der Waals surface area (Å²) in [6.45, 7) is 2.80. The Balaban J connectivity index is 1.60. The zero-order chi connectivity index (χ0) is 17.4. The van der Waals surface area contributed by atoms with Gasteiger partial charge in [0.25, 0.3) is 0 Å². The van der Waals surface area contributed by atoms with Crippen molar-refractivity contribution in [2.24, 2.45) is 0 Å². The van der Waals surface area contributed by atoms with E-state index in [4.69, 9.17) is 0 Å². The van der Waals surface area contributed by atoms with Gasteiger partial charge >= 0.3 is 0 Å². The third-order valence-corrected chi connectivity index (χ3v) is 5.99. The summed E-state index contributed by atoms with van der Waals surface area (Å²) in [7, 11) is 0. The van der Waals surface area contributed by atoms with Crippen molar-refractivity contribution in [3.05, 3.63) is 71.0 Å². The molecule has 1 N–H and O–H groups in total. The van der Waals surface area contributed by atoms with Crippen molar-refractivity contribution in [3.8, 4) is 0 Å². The van der Waals surface area contributed by atoms with E-state index >= 15 is 0 Å². The van der Waals surface area contributed by atoms with E-state index < -0.39 is 5.60 Å². The summed E-state index contributed by atoms with van der Waals surface area (Å²) in [5, 5.41) is 11.3. The number of piperidine rings is 2. The van der Waals surface area contributed by atoms with Crippen molar-refractivity contribution in [2.45, 2.75) is 63.3 Å². The Labute approximate surface area is 149 Å². The molecule has 2 unspecified atom stereocenters. The van der Waals surface area contributed by atoms with E-state index in [1.807, 2.05) is 19.1 Å². The maximum Gasteiger partial charge on any atom is 0.129 e. The monoisotopic (exact) mass is 339 g/mol. The van der Waals surface area contributed by atoms with Crippen LogP contribution in [0.15, 0.2) is 48.5 Å². The molecule has 3 heteroatoms. The Morgan fingerprint density at radius 1 is 1.08 bits per heavy atom. The molecule has 2 heterocycles. The lowest BCUT2D eigenvalue weighted by atomic mass is 9.72. The lowest BCUT2D eigenvalue weighted by molar-refractivity contribution is -0.101. The molecule has 2 aliphatic rings. The third-order valence-electron chi connectivity index (χ3n) is 5.99. The van der Waals surface area contributed by atoms with Crippen LogP contribution in [0.5, 0.6) is 0 Å². The third kappa shape index (κ3) is 3.23. The summed E-state index contributed by atoms with van der Waals surface area (Å²) < 4.78 is 14.5. The SMILES string of the molecule is Cc1ccc(C2(O)CC3CCCC(C2)N3Cc2ccccc2)c(F)c1. The number of aliphatic hydroxyl groups is 1. The van der Waals surface area contributed by atoms with Gasteiger partial charge in [0, 0.05) is 24.2 Å². The molecule has 132 valence electrons. The Morgan fingerprint density at radius 2 is 1.76 bits per heavy atom. The van der Waals surface area contributed by atoms with Crippen molar-refractivity contribution >= 4 is 0 Å². The van der Waals surface area contributed by atoms with Crippen LogP contribution in [0.25, 0.3) is 0 Å². The fraction of sp³-hybridized carbons (Fsp3) is 0.455. The molecule has 2 aliphatic heterocycles. The number of hydrogen-bond acceptors (Lipinski definition) is 2. The van der Waals surface area contributed by atoms with E-state index in [9.17, 15) is 9.50 Å². The van der Waals surface area contributed by atoms with Gasteiger partial charge in [-0.05, 0) is 49.8 Å². The van der Waals surface area contributed by atoms with Crippen LogP contribution < -0.4 is 0 Å². The fourth-order valence-electron chi connectivity index (χ4n) is 4.79. The van der Waals surface area contributed by atoms with Crippen LogP contribution in [0, 0.1) is 12.7 Å². The van der Waals surface area contributed by atoms with Crippen LogP contribution >= 0.6 is 0 Å². The minimum Gasteiger partial charge on any atom is -0.385 e. The average Bonchev–Trinajstić information content (AvgIpc) is 2.57. The summed E-state index contributed by atoms with van der Waals surface area (Å²) in [4.78, 5) is 2.54. The van der Waals surface area contributed by atoms with Crippen LogP contribution in [0.1, 0.15) is 48.8 Å². The summed E-state index contributed by atoms with van der Waals surface area (Å²) in [5.41, 5.74) is 1.65. The number of halogens is 1. The van der Waals surface area contributed by atoms with Crippen LogP contribution in [0.3, 0.4) is 0 Å². The van der Waals surface area contributed by atoms with E-state index in [-0.39, 0.29) is 5.82 Å². The van der Waals surface area contributed by atoms with Crippen molar-refractivity contribution in [3.63, 3.8) is 0 Å². The molecule has 0 aliphatic carbocycles. The number of hydrogen-bond donors (Lipinski definition) is 1. The second-order valence-corrected chi connectivity index (χ2v) is 7.82. The van der Waals surface area contributed by atoms with E-state index in [1.54, 1.807) is 12.1 Å². The van der Waals surface area contributed by atoms with Crippen molar-refractivity contribution in [2.75, 3.05) is 0 Å². The molecule has 0 saturated carbocycles. The van der Waals surface area contributed by atoms with Gasteiger partial charge in [-0.1, -0.05) is 48.9 Å². The molecular formula is C22H26FNO. The molecule has 4 rings (SSSR count). The van der Waals surface area contributed by atoms with Gasteiger partial charge in [-0.2, -0.15) is 0 Å². The highest BCUT2D eigenvalue weighted by molar-refractivity contribution is 5.30. The maximum atomic E-state index is 14.5. The van der Waals surface area contributed by atoms with Crippen LogP contribution in [-0.4, -0.2) is 22.1 Å². The van der Waals surface area contributed by atoms with E-state index in [0.717, 1.165) is 24.9 Å². The molecule has 2 aromatic rings. The largest absolute Gasteiger partial charge is 0.385 e. The van der Waals surface area contributed by atoms with Crippen LogP contribution in [0.4, 0.5) is 4.39 Å². The van der Waals surface area contributed by atoms with Gasteiger partial charge in [-0.15, -0.1) is 0 Å². The van der Waals surface area contributed by atoms with E-state index in [2.05, 4.69) is 29.2 Å². The minimum absolute atomic E-state index is 0.267. The summed E-state index contributed by atoms with van der Waals surface area (Å²) in [5.74, 6) is -0.267. The first-order valence-corrected chi connectivity index (χ1v) is 9.34. The zero-order valence-electron chi connectivity index (χ0n) is 14.8. The van der Waals surface area contributed by atoms with Gasteiger partial charge in [0.05, 0.1) is 5.60 Å². The van der Waals surface area contributed by atoms with E-state index in [0.29, 0.717) is 30.5 Å². The Bertz CT molecular complexity index is 731. The van der Waals surface area contributed by atoms with Crippen molar-refractivity contribution in [1.29, 1.82) is 0 Å². The molecule has 0 amide bonds. The first kappa shape index (κ1) is 16.7. The molecule has 2 atom stereocenters. The van der Waals surface area contributed by atoms with Gasteiger partial charge in [0.15, 0.2) is 0 Å². The molecule has 2 aromatic carbocycles. The highest BCUT2D eigenvalue weighted by atomic mass is 19.1. The first-order chi connectivity index (χ1) is 12.0. The van der Waals surface area contributed by atoms with Crippen LogP contribution in [-0.2, 0) is 12.1 Å². The number of nitrogens with zero attached hydrogens (tertiary/aromatic N) is 1. The molecule has 0 radical (unpaired) electrons. The molecule has 0 aromatic heterocycles. The molecule has 2 bridgehead atoms. The minimum atomic E-state index is -1.04. The van der Waals surface area contributed by atoms with Gasteiger partial charge in [0.2, 0.25) is 0 Å². The quantitative estimate of drug-likeness (QED) is 0.887. The molecule has 0 spiro atoms. The number of rotatable bonds is 3. The molecule has 25 heavy (non-hydrogen) atoms. The zero-order valence-corrected chi connectivity index (χ0v) is 14.8. The Hall–Kier alpha value is -1.71. The van der Waals surface area contributed by atoms with Crippen molar-refractivity contribution in [1.82, 2.24) is 4.90 Å². The topological polar surface area (TPSA) is 23.5 Å². The standard InChI is InChI=1S/C22H26FNO/c1-16-10-11-20(21(23)12-16)22(25)13-18-8-5-9-19(14-22)24(18)15-17-6-3-2-4-7-17/h2-4,6-7,10-12,18-19,25H,5,8-9,13-15H2,1H3. The normalized spacial score (nSPS) is 29.6. The Morgan fingerprint density at radius 3 is 2.40 bits per heavy atom. The molecule has 2 nitrogen and oxygen atoms in total. The Kier molecular flexibility index (Phi) is 4.38. The van der Waals surface area contributed by atoms with Crippen molar-refractivity contribution < 1.29 is 9.50 Å². The lowest BCUT2D eigenvalue weighted by Crippen LogP contribution is -2.56. The van der Waals surface area contributed by atoms with Gasteiger partial charge in [-0.25, -0.2) is 4.39 Å². The summed E-state index contributed by atoms with van der Waals surface area (Å²) in [6.07, 6.45) is 4.61. The van der Waals surface area contributed by atoms with Gasteiger partial charge in [0.1, 0.15) is 5.82 Å². The fourth-order valence-corrected chi connectivity index (χ4v) is 4.79. The number of fused-ring (bicyclic) bond motifs is 2. The lowest BCUT2D eigenvalue weighted by Gasteiger charge is -2.52. The second-order valence-electron chi connectivity index (χ2n) is 7.82. The summed E-state index contributed by atoms with van der Waals surface area (Å²) in [6, 6.07) is 16.4. The summed E-state index contributed by atoms with van der Waals surface area (Å²) >= 11 is 0. The molecular weight excluding hydrogens is 313 g/mol. The average molecular weight is 339 g/mol. The van der Waals surface area contributed by atoms with E-state index in [1.165, 1.54) is 12.0 Å². The highest BCUT2D eigenvalue weighted by Crippen LogP contribution is 2.45. The van der Waals surface area contributed by atoms with Gasteiger partial charge in [-0.3, -0.25) is 4.90 Å². The maximum absolute atomic E-state index is 14.5. The second kappa shape index (κ2) is 6.54. The first-order valence-electron chi connectivity index (χ1n) is 9.34. The molecule has 2 saturated heterocycles. The number of aryl methyl sites for hydroxylation is 1. The predicted molar refractivity (Wildman–Crippen MR) is 97.7 cm³/mol. The highest BCUT2D eigenvalue weighted by Gasteiger charge is 2.47.